The number of fused-ring (bicyclic) bond motifs is 1. The molecule has 2 aromatic carbocycles. The third kappa shape index (κ3) is 3.77. The quantitative estimate of drug-likeness (QED) is 0.702. The van der Waals surface area contributed by atoms with Crippen molar-refractivity contribution in [2.75, 3.05) is 13.1 Å². The highest BCUT2D eigenvalue weighted by molar-refractivity contribution is 6.02. The Hall–Kier alpha value is -2.37. The number of benzene rings is 2. The van der Waals surface area contributed by atoms with Gasteiger partial charge in [-0.15, -0.1) is 12.4 Å². The van der Waals surface area contributed by atoms with Crippen molar-refractivity contribution in [3.63, 3.8) is 0 Å². The SMILES string of the molecule is Cl.O=C(NC1CC1)c1ccc2c(-c3cnn(C4CCNCC4)c3)cccc2c1. The predicted molar refractivity (Wildman–Crippen MR) is 114 cm³/mol. The number of hydrogen-bond donors (Lipinski definition) is 2. The van der Waals surface area contributed by atoms with E-state index in [1.165, 1.54) is 5.56 Å². The zero-order valence-electron chi connectivity index (χ0n) is 15.7. The number of amides is 1. The molecule has 1 aliphatic carbocycles. The summed E-state index contributed by atoms with van der Waals surface area (Å²) in [5.74, 6) is 0.0310. The van der Waals surface area contributed by atoms with Crippen molar-refractivity contribution in [3.8, 4) is 11.1 Å². The van der Waals surface area contributed by atoms with Gasteiger partial charge in [-0.05, 0) is 67.2 Å². The number of carbonyl (C=O) groups is 1. The van der Waals surface area contributed by atoms with Gasteiger partial charge in [0.1, 0.15) is 0 Å². The molecule has 1 aliphatic heterocycles. The molecule has 1 saturated carbocycles. The van der Waals surface area contributed by atoms with Crippen LogP contribution in [0.25, 0.3) is 21.9 Å². The largest absolute Gasteiger partial charge is 0.349 e. The molecule has 0 atom stereocenters. The first-order valence-corrected chi connectivity index (χ1v) is 9.87. The predicted octanol–water partition coefficient (Wildman–Crippen LogP) is 3.94. The third-order valence-electron chi connectivity index (χ3n) is 5.65. The van der Waals surface area contributed by atoms with Gasteiger partial charge in [0.2, 0.25) is 0 Å². The maximum absolute atomic E-state index is 12.3. The van der Waals surface area contributed by atoms with Crippen LogP contribution < -0.4 is 10.6 Å². The second-order valence-electron chi connectivity index (χ2n) is 7.68. The van der Waals surface area contributed by atoms with Crippen LogP contribution in [0.1, 0.15) is 42.1 Å². The zero-order valence-corrected chi connectivity index (χ0v) is 16.5. The summed E-state index contributed by atoms with van der Waals surface area (Å²) in [7, 11) is 0. The Bertz CT molecular complexity index is 989. The molecule has 1 aromatic heterocycles. The molecule has 0 radical (unpaired) electrons. The number of carbonyl (C=O) groups excluding carboxylic acids is 1. The van der Waals surface area contributed by atoms with Crippen molar-refractivity contribution < 1.29 is 4.79 Å². The van der Waals surface area contributed by atoms with E-state index in [2.05, 4.69) is 50.9 Å². The van der Waals surface area contributed by atoms with Gasteiger partial charge in [0.15, 0.2) is 0 Å². The van der Waals surface area contributed by atoms with Gasteiger partial charge in [0.05, 0.1) is 12.2 Å². The summed E-state index contributed by atoms with van der Waals surface area (Å²) in [5, 5.41) is 13.3. The summed E-state index contributed by atoms with van der Waals surface area (Å²) >= 11 is 0. The number of hydrogen-bond acceptors (Lipinski definition) is 3. The molecule has 0 spiro atoms. The highest BCUT2D eigenvalue weighted by atomic mass is 35.5. The average Bonchev–Trinajstić information content (AvgIpc) is 3.39. The first kappa shape index (κ1) is 19.0. The summed E-state index contributed by atoms with van der Waals surface area (Å²) in [4.78, 5) is 12.3. The van der Waals surface area contributed by atoms with Crippen molar-refractivity contribution >= 4 is 29.1 Å². The molecule has 2 heterocycles. The summed E-state index contributed by atoms with van der Waals surface area (Å²) in [5.41, 5.74) is 3.04. The van der Waals surface area contributed by atoms with E-state index in [4.69, 9.17) is 0 Å². The van der Waals surface area contributed by atoms with Crippen molar-refractivity contribution in [3.05, 3.63) is 54.4 Å². The van der Waals surface area contributed by atoms with Gasteiger partial charge in [0, 0.05) is 23.4 Å². The minimum atomic E-state index is 0. The van der Waals surface area contributed by atoms with Gasteiger partial charge < -0.3 is 10.6 Å². The Morgan fingerprint density at radius 2 is 1.93 bits per heavy atom. The van der Waals surface area contributed by atoms with Crippen molar-refractivity contribution in [1.82, 2.24) is 20.4 Å². The maximum atomic E-state index is 12.3. The Balaban J connectivity index is 0.00000192. The fraction of sp³-hybridized carbons (Fsp3) is 0.364. The number of nitrogens with zero attached hydrogens (tertiary/aromatic N) is 2. The molecule has 5 rings (SSSR count). The highest BCUT2D eigenvalue weighted by Gasteiger charge is 2.24. The zero-order chi connectivity index (χ0) is 18.2. The molecule has 6 heteroatoms. The molecule has 0 unspecified atom stereocenters. The second kappa shape index (κ2) is 7.94. The van der Waals surface area contributed by atoms with E-state index in [0.29, 0.717) is 12.1 Å². The van der Waals surface area contributed by atoms with Crippen LogP contribution in [0.2, 0.25) is 0 Å². The number of rotatable bonds is 4. The van der Waals surface area contributed by atoms with Crippen LogP contribution in [0.3, 0.4) is 0 Å². The van der Waals surface area contributed by atoms with Crippen LogP contribution >= 0.6 is 12.4 Å². The molecule has 2 fully saturated rings. The fourth-order valence-corrected chi connectivity index (χ4v) is 3.92. The van der Waals surface area contributed by atoms with Crippen molar-refractivity contribution in [2.45, 2.75) is 37.8 Å². The van der Waals surface area contributed by atoms with Gasteiger partial charge in [-0.25, -0.2) is 0 Å². The maximum Gasteiger partial charge on any atom is 0.251 e. The van der Waals surface area contributed by atoms with E-state index < -0.39 is 0 Å². The van der Waals surface area contributed by atoms with E-state index in [0.717, 1.165) is 60.7 Å². The Kier molecular flexibility index (Phi) is 5.38. The summed E-state index contributed by atoms with van der Waals surface area (Å²) in [6, 6.07) is 13.1. The topological polar surface area (TPSA) is 59.0 Å². The van der Waals surface area contributed by atoms with Gasteiger partial charge in [-0.3, -0.25) is 9.48 Å². The van der Waals surface area contributed by atoms with Crippen LogP contribution in [-0.4, -0.2) is 34.8 Å². The molecule has 1 saturated heterocycles. The summed E-state index contributed by atoms with van der Waals surface area (Å²) in [6.45, 7) is 2.11. The lowest BCUT2D eigenvalue weighted by molar-refractivity contribution is 0.0951. The number of nitrogens with one attached hydrogen (secondary N) is 2. The van der Waals surface area contributed by atoms with Crippen molar-refractivity contribution in [2.24, 2.45) is 0 Å². The first-order valence-electron chi connectivity index (χ1n) is 9.87. The van der Waals surface area contributed by atoms with Crippen molar-refractivity contribution in [1.29, 1.82) is 0 Å². The lowest BCUT2D eigenvalue weighted by Gasteiger charge is -2.22. The Morgan fingerprint density at radius 1 is 1.11 bits per heavy atom. The van der Waals surface area contributed by atoms with Gasteiger partial charge >= 0.3 is 0 Å². The minimum absolute atomic E-state index is 0. The standard InChI is InChI=1S/C22H24N4O.ClH/c27-22(25-18-5-6-18)16-4-7-21-15(12-16)2-1-3-20(21)17-13-24-26(14-17)19-8-10-23-11-9-19;/h1-4,7,12-14,18-19,23H,5-6,8-11H2,(H,25,27);1H. The molecular formula is C22H25ClN4O. The van der Waals surface area contributed by atoms with Crippen LogP contribution in [0, 0.1) is 0 Å². The molecule has 28 heavy (non-hydrogen) atoms. The number of halogens is 1. The smallest absolute Gasteiger partial charge is 0.251 e. The molecular weight excluding hydrogens is 372 g/mol. The third-order valence-corrected chi connectivity index (χ3v) is 5.65. The van der Waals surface area contributed by atoms with Crippen LogP contribution in [-0.2, 0) is 0 Å². The fourth-order valence-electron chi connectivity index (χ4n) is 3.92. The van der Waals surface area contributed by atoms with Gasteiger partial charge in [0.25, 0.3) is 5.91 Å². The van der Waals surface area contributed by atoms with E-state index in [9.17, 15) is 4.79 Å². The van der Waals surface area contributed by atoms with Gasteiger partial charge in [-0.1, -0.05) is 24.3 Å². The monoisotopic (exact) mass is 396 g/mol. The van der Waals surface area contributed by atoms with Crippen LogP contribution in [0.15, 0.2) is 48.8 Å². The molecule has 5 nitrogen and oxygen atoms in total. The number of piperidine rings is 1. The lowest BCUT2D eigenvalue weighted by atomic mass is 9.98. The molecule has 3 aromatic rings. The summed E-state index contributed by atoms with van der Waals surface area (Å²) in [6.07, 6.45) is 8.57. The molecule has 146 valence electrons. The van der Waals surface area contributed by atoms with E-state index in [-0.39, 0.29) is 18.3 Å². The van der Waals surface area contributed by atoms with E-state index in [1.54, 1.807) is 0 Å². The normalized spacial score (nSPS) is 17.3. The molecule has 2 aliphatic rings. The second-order valence-corrected chi connectivity index (χ2v) is 7.68. The summed E-state index contributed by atoms with van der Waals surface area (Å²) < 4.78 is 2.12. The molecule has 2 N–H and O–H groups in total. The van der Waals surface area contributed by atoms with Gasteiger partial charge in [-0.2, -0.15) is 5.10 Å². The lowest BCUT2D eigenvalue weighted by Crippen LogP contribution is -2.29. The van der Waals surface area contributed by atoms with Crippen LogP contribution in [0.5, 0.6) is 0 Å². The molecule has 1 amide bonds. The Labute approximate surface area is 170 Å². The molecule has 0 bridgehead atoms. The van der Waals surface area contributed by atoms with Crippen LogP contribution in [0.4, 0.5) is 0 Å². The number of aromatic nitrogens is 2. The first-order chi connectivity index (χ1) is 13.3. The average molecular weight is 397 g/mol. The Morgan fingerprint density at radius 3 is 2.71 bits per heavy atom. The van der Waals surface area contributed by atoms with E-state index >= 15 is 0 Å². The minimum Gasteiger partial charge on any atom is -0.349 e. The van der Waals surface area contributed by atoms with E-state index in [1.807, 2.05) is 18.3 Å². The highest BCUT2D eigenvalue weighted by Crippen LogP contribution is 2.30.